The molecule has 0 radical (unpaired) electrons. The van der Waals surface area contributed by atoms with Crippen LogP contribution in [0.4, 0.5) is 0 Å². The third kappa shape index (κ3) is 3.89. The van der Waals surface area contributed by atoms with Gasteiger partial charge in [-0.25, -0.2) is 0 Å². The van der Waals surface area contributed by atoms with E-state index < -0.39 is 0 Å². The predicted octanol–water partition coefficient (Wildman–Crippen LogP) is 0.589. The van der Waals surface area contributed by atoms with Gasteiger partial charge < -0.3 is 10.1 Å². The van der Waals surface area contributed by atoms with E-state index in [1.165, 1.54) is 5.69 Å². The lowest BCUT2D eigenvalue weighted by Crippen LogP contribution is -2.20. The first-order valence-corrected chi connectivity index (χ1v) is 5.01. The molecule has 0 aliphatic heterocycles. The lowest BCUT2D eigenvalue weighted by atomic mass is 10.3. The molecule has 4 nitrogen and oxygen atoms in total. The monoisotopic (exact) mass is 197 g/mol. The summed E-state index contributed by atoms with van der Waals surface area (Å²) in [4.78, 5) is 0. The second-order valence-corrected chi connectivity index (χ2v) is 3.29. The van der Waals surface area contributed by atoms with E-state index in [9.17, 15) is 0 Å². The maximum atomic E-state index is 4.96. The zero-order valence-corrected chi connectivity index (χ0v) is 8.99. The van der Waals surface area contributed by atoms with Gasteiger partial charge in [-0.05, 0) is 19.0 Å². The molecule has 1 N–H and O–H groups in total. The summed E-state index contributed by atoms with van der Waals surface area (Å²) in [6.45, 7) is 2.85. The molecule has 1 aromatic heterocycles. The Labute approximate surface area is 85.3 Å². The summed E-state index contributed by atoms with van der Waals surface area (Å²) in [5.74, 6) is 0. The van der Waals surface area contributed by atoms with Crippen molar-refractivity contribution in [1.82, 2.24) is 15.1 Å². The molecule has 1 rings (SSSR count). The van der Waals surface area contributed by atoms with Crippen LogP contribution in [0, 0.1) is 0 Å². The van der Waals surface area contributed by atoms with Crippen LogP contribution in [0.25, 0.3) is 0 Å². The molecule has 0 spiro atoms. The van der Waals surface area contributed by atoms with Crippen molar-refractivity contribution in [2.75, 3.05) is 26.8 Å². The fourth-order valence-corrected chi connectivity index (χ4v) is 1.33. The van der Waals surface area contributed by atoms with Crippen molar-refractivity contribution in [3.8, 4) is 0 Å². The number of aryl methyl sites for hydroxylation is 1. The Balaban J connectivity index is 2.02. The Kier molecular flexibility index (Phi) is 5.25. The molecule has 4 heteroatoms. The van der Waals surface area contributed by atoms with Crippen molar-refractivity contribution in [1.29, 1.82) is 0 Å². The fraction of sp³-hybridized carbons (Fsp3) is 0.700. The van der Waals surface area contributed by atoms with Gasteiger partial charge in [0.2, 0.25) is 0 Å². The molecule has 14 heavy (non-hydrogen) atoms. The molecule has 0 atom stereocenters. The van der Waals surface area contributed by atoms with Crippen molar-refractivity contribution in [3.05, 3.63) is 18.0 Å². The number of hydrogen-bond acceptors (Lipinski definition) is 3. The largest absolute Gasteiger partial charge is 0.385 e. The molecular weight excluding hydrogens is 178 g/mol. The zero-order chi connectivity index (χ0) is 10.2. The molecule has 0 saturated carbocycles. The van der Waals surface area contributed by atoms with E-state index >= 15 is 0 Å². The van der Waals surface area contributed by atoms with Crippen molar-refractivity contribution in [2.45, 2.75) is 12.8 Å². The van der Waals surface area contributed by atoms with Crippen LogP contribution in [0.5, 0.6) is 0 Å². The van der Waals surface area contributed by atoms with Gasteiger partial charge >= 0.3 is 0 Å². The van der Waals surface area contributed by atoms with Crippen LogP contribution in [-0.2, 0) is 18.2 Å². The van der Waals surface area contributed by atoms with E-state index in [4.69, 9.17) is 4.74 Å². The first-order valence-electron chi connectivity index (χ1n) is 5.01. The summed E-state index contributed by atoms with van der Waals surface area (Å²) < 4.78 is 6.87. The van der Waals surface area contributed by atoms with Crippen molar-refractivity contribution in [2.24, 2.45) is 7.05 Å². The summed E-state index contributed by atoms with van der Waals surface area (Å²) >= 11 is 0. The van der Waals surface area contributed by atoms with Gasteiger partial charge in [-0.2, -0.15) is 5.10 Å². The van der Waals surface area contributed by atoms with Gasteiger partial charge in [0.1, 0.15) is 0 Å². The number of ether oxygens (including phenoxy) is 1. The minimum atomic E-state index is 0.832. The average molecular weight is 197 g/mol. The summed E-state index contributed by atoms with van der Waals surface area (Å²) in [7, 11) is 3.70. The van der Waals surface area contributed by atoms with Gasteiger partial charge in [0.15, 0.2) is 0 Å². The first kappa shape index (κ1) is 11.2. The van der Waals surface area contributed by atoms with Crippen LogP contribution >= 0.6 is 0 Å². The minimum absolute atomic E-state index is 0.832. The standard InChI is InChI=1S/C10H19N3O/c1-13-10(5-8-12-13)4-7-11-6-3-9-14-2/h5,8,11H,3-4,6-7,9H2,1-2H3. The van der Waals surface area contributed by atoms with Gasteiger partial charge in [-0.1, -0.05) is 0 Å². The predicted molar refractivity (Wildman–Crippen MR) is 56.3 cm³/mol. The van der Waals surface area contributed by atoms with Gasteiger partial charge in [0.25, 0.3) is 0 Å². The SMILES string of the molecule is COCCCNCCc1ccnn1C. The molecule has 0 saturated heterocycles. The molecule has 0 bridgehead atoms. The van der Waals surface area contributed by atoms with Gasteiger partial charge in [-0.3, -0.25) is 4.68 Å². The summed E-state index contributed by atoms with van der Waals surface area (Å²) in [6, 6.07) is 2.05. The maximum Gasteiger partial charge on any atom is 0.0492 e. The number of rotatable bonds is 7. The molecular formula is C10H19N3O. The molecule has 0 amide bonds. The molecule has 1 heterocycles. The van der Waals surface area contributed by atoms with Gasteiger partial charge in [0, 0.05) is 45.6 Å². The first-order chi connectivity index (χ1) is 6.84. The Hall–Kier alpha value is -0.870. The molecule has 1 aromatic rings. The van der Waals surface area contributed by atoms with Crippen LogP contribution in [0.15, 0.2) is 12.3 Å². The summed E-state index contributed by atoms with van der Waals surface area (Å²) in [6.07, 6.45) is 3.94. The Bertz CT molecular complexity index is 247. The third-order valence-electron chi connectivity index (χ3n) is 2.18. The van der Waals surface area contributed by atoms with Crippen molar-refractivity contribution < 1.29 is 4.74 Å². The Morgan fingerprint density at radius 2 is 2.36 bits per heavy atom. The van der Waals surface area contributed by atoms with E-state index in [-0.39, 0.29) is 0 Å². The Morgan fingerprint density at radius 3 is 3.00 bits per heavy atom. The van der Waals surface area contributed by atoms with Gasteiger partial charge in [-0.15, -0.1) is 0 Å². The van der Waals surface area contributed by atoms with Crippen LogP contribution in [0.2, 0.25) is 0 Å². The van der Waals surface area contributed by atoms with Crippen LogP contribution in [0.1, 0.15) is 12.1 Å². The van der Waals surface area contributed by atoms with E-state index in [0.717, 1.165) is 32.5 Å². The number of hydrogen-bond donors (Lipinski definition) is 1. The number of nitrogens with one attached hydrogen (secondary N) is 1. The lowest BCUT2D eigenvalue weighted by molar-refractivity contribution is 0.194. The summed E-state index contributed by atoms with van der Waals surface area (Å²) in [5.41, 5.74) is 1.27. The minimum Gasteiger partial charge on any atom is -0.385 e. The number of nitrogens with zero attached hydrogens (tertiary/aromatic N) is 2. The highest BCUT2D eigenvalue weighted by Crippen LogP contribution is 1.95. The van der Waals surface area contributed by atoms with E-state index in [1.807, 2.05) is 17.9 Å². The normalized spacial score (nSPS) is 10.7. The highest BCUT2D eigenvalue weighted by Gasteiger charge is 1.96. The molecule has 0 aliphatic carbocycles. The quantitative estimate of drug-likeness (QED) is 0.650. The lowest BCUT2D eigenvalue weighted by Gasteiger charge is -2.04. The topological polar surface area (TPSA) is 39.1 Å². The second-order valence-electron chi connectivity index (χ2n) is 3.29. The fourth-order valence-electron chi connectivity index (χ4n) is 1.33. The second kappa shape index (κ2) is 6.56. The smallest absolute Gasteiger partial charge is 0.0492 e. The molecule has 0 unspecified atom stereocenters. The molecule has 80 valence electrons. The van der Waals surface area contributed by atoms with Crippen LogP contribution in [-0.4, -0.2) is 36.6 Å². The third-order valence-corrected chi connectivity index (χ3v) is 2.18. The van der Waals surface area contributed by atoms with E-state index in [1.54, 1.807) is 7.11 Å². The van der Waals surface area contributed by atoms with E-state index in [0.29, 0.717) is 0 Å². The molecule has 0 aromatic carbocycles. The van der Waals surface area contributed by atoms with Crippen LogP contribution in [0.3, 0.4) is 0 Å². The van der Waals surface area contributed by atoms with Gasteiger partial charge in [0.05, 0.1) is 0 Å². The molecule has 0 fully saturated rings. The number of aromatic nitrogens is 2. The highest BCUT2D eigenvalue weighted by atomic mass is 16.5. The van der Waals surface area contributed by atoms with Crippen LogP contribution < -0.4 is 5.32 Å². The maximum absolute atomic E-state index is 4.96. The van der Waals surface area contributed by atoms with Crippen molar-refractivity contribution >= 4 is 0 Å². The Morgan fingerprint density at radius 1 is 1.50 bits per heavy atom. The average Bonchev–Trinajstić information content (AvgIpc) is 2.58. The summed E-state index contributed by atoms with van der Waals surface area (Å²) in [5, 5.41) is 7.48. The van der Waals surface area contributed by atoms with Crippen molar-refractivity contribution in [3.63, 3.8) is 0 Å². The molecule has 0 aliphatic rings. The van der Waals surface area contributed by atoms with E-state index in [2.05, 4.69) is 16.5 Å². The number of methoxy groups -OCH3 is 1. The zero-order valence-electron chi connectivity index (χ0n) is 8.99. The highest BCUT2D eigenvalue weighted by molar-refractivity contribution is 5.00.